The van der Waals surface area contributed by atoms with Crippen LogP contribution < -0.4 is 17.0 Å². The molecule has 0 spiro atoms. The Morgan fingerprint density at radius 1 is 1.67 bits per heavy atom. The third-order valence-electron chi connectivity index (χ3n) is 1.92. The second-order valence-electron chi connectivity index (χ2n) is 3.12. The highest BCUT2D eigenvalue weighted by Crippen LogP contribution is 2.19. The van der Waals surface area contributed by atoms with Crippen molar-refractivity contribution in [3.05, 3.63) is 0 Å². The molecule has 5 N–H and O–H groups in total. The van der Waals surface area contributed by atoms with Gasteiger partial charge in [-0.25, -0.2) is 5.84 Å². The Hall–Kier alpha value is -1.28. The van der Waals surface area contributed by atoms with E-state index >= 15 is 0 Å². The first-order valence-corrected chi connectivity index (χ1v) is 5.33. The van der Waals surface area contributed by atoms with Gasteiger partial charge in [0.1, 0.15) is 0 Å². The number of nitrogens with two attached hydrogens (primary N) is 2. The molecule has 1 rings (SSSR count). The first-order chi connectivity index (χ1) is 7.06. The SMILES string of the molecule is CC(CSc1nnc(N)n1C)C(=O)NN. The molecule has 0 aliphatic rings. The molecule has 7 nitrogen and oxygen atoms in total. The van der Waals surface area contributed by atoms with Crippen LogP contribution in [0.1, 0.15) is 6.92 Å². The van der Waals surface area contributed by atoms with Gasteiger partial charge in [0.2, 0.25) is 11.9 Å². The van der Waals surface area contributed by atoms with Gasteiger partial charge in [-0.15, -0.1) is 10.2 Å². The van der Waals surface area contributed by atoms with Crippen LogP contribution in [0.25, 0.3) is 0 Å². The second-order valence-corrected chi connectivity index (χ2v) is 4.11. The van der Waals surface area contributed by atoms with E-state index in [1.165, 1.54) is 11.8 Å². The molecule has 1 unspecified atom stereocenters. The van der Waals surface area contributed by atoms with Crippen molar-refractivity contribution < 1.29 is 4.79 Å². The predicted molar refractivity (Wildman–Crippen MR) is 57.6 cm³/mol. The lowest BCUT2D eigenvalue weighted by Gasteiger charge is -2.08. The smallest absolute Gasteiger partial charge is 0.237 e. The fourth-order valence-corrected chi connectivity index (χ4v) is 1.81. The molecule has 0 saturated heterocycles. The Bertz CT molecular complexity index is 351. The van der Waals surface area contributed by atoms with Crippen LogP contribution in [0.5, 0.6) is 0 Å². The van der Waals surface area contributed by atoms with Crippen LogP contribution in [0.4, 0.5) is 5.95 Å². The van der Waals surface area contributed by atoms with E-state index in [1.807, 2.05) is 0 Å². The van der Waals surface area contributed by atoms with Crippen molar-refractivity contribution in [2.24, 2.45) is 18.8 Å². The van der Waals surface area contributed by atoms with Gasteiger partial charge >= 0.3 is 0 Å². The summed E-state index contributed by atoms with van der Waals surface area (Å²) < 4.78 is 1.66. The number of hydrogen-bond donors (Lipinski definition) is 3. The van der Waals surface area contributed by atoms with E-state index in [9.17, 15) is 4.79 Å². The Labute approximate surface area is 91.6 Å². The summed E-state index contributed by atoms with van der Waals surface area (Å²) in [7, 11) is 1.77. The van der Waals surface area contributed by atoms with Crippen molar-refractivity contribution in [1.29, 1.82) is 0 Å². The van der Waals surface area contributed by atoms with Gasteiger partial charge in [0.15, 0.2) is 5.16 Å². The van der Waals surface area contributed by atoms with Crippen LogP contribution in [0, 0.1) is 5.92 Å². The lowest BCUT2D eigenvalue weighted by Crippen LogP contribution is -2.35. The lowest BCUT2D eigenvalue weighted by atomic mass is 10.2. The van der Waals surface area contributed by atoms with E-state index in [0.717, 1.165) is 0 Å². The van der Waals surface area contributed by atoms with Crippen LogP contribution >= 0.6 is 11.8 Å². The molecule has 0 aromatic carbocycles. The molecule has 0 saturated carbocycles. The summed E-state index contributed by atoms with van der Waals surface area (Å²) in [5.74, 6) is 5.57. The monoisotopic (exact) mass is 230 g/mol. The largest absolute Gasteiger partial charge is 0.368 e. The fraction of sp³-hybridized carbons (Fsp3) is 0.571. The third kappa shape index (κ3) is 2.83. The van der Waals surface area contributed by atoms with Crippen LogP contribution in [0.2, 0.25) is 0 Å². The van der Waals surface area contributed by atoms with Gasteiger partial charge in [-0.1, -0.05) is 18.7 Å². The highest BCUT2D eigenvalue weighted by atomic mass is 32.2. The highest BCUT2D eigenvalue weighted by Gasteiger charge is 2.14. The van der Waals surface area contributed by atoms with Crippen molar-refractivity contribution >= 4 is 23.6 Å². The maximum Gasteiger partial charge on any atom is 0.237 e. The van der Waals surface area contributed by atoms with Crippen molar-refractivity contribution in [2.45, 2.75) is 12.1 Å². The molecule has 0 aliphatic carbocycles. The number of thioether (sulfide) groups is 1. The van der Waals surface area contributed by atoms with Crippen molar-refractivity contribution in [1.82, 2.24) is 20.2 Å². The van der Waals surface area contributed by atoms with Gasteiger partial charge in [-0.2, -0.15) is 0 Å². The molecule has 0 aliphatic heterocycles. The normalized spacial score (nSPS) is 12.5. The molecule has 1 amide bonds. The average Bonchev–Trinajstić information content (AvgIpc) is 2.55. The number of rotatable bonds is 4. The fourth-order valence-electron chi connectivity index (χ4n) is 0.869. The molecule has 0 bridgehead atoms. The van der Waals surface area contributed by atoms with E-state index in [1.54, 1.807) is 18.5 Å². The highest BCUT2D eigenvalue weighted by molar-refractivity contribution is 7.99. The molecule has 0 radical (unpaired) electrons. The predicted octanol–water partition coefficient (Wildman–Crippen LogP) is -0.885. The summed E-state index contributed by atoms with van der Waals surface area (Å²) >= 11 is 1.41. The van der Waals surface area contributed by atoms with Gasteiger partial charge in [0, 0.05) is 18.7 Å². The second kappa shape index (κ2) is 4.99. The summed E-state index contributed by atoms with van der Waals surface area (Å²) in [6, 6.07) is 0. The maximum absolute atomic E-state index is 11.1. The van der Waals surface area contributed by atoms with Gasteiger partial charge in [-0.05, 0) is 0 Å². The van der Waals surface area contributed by atoms with Gasteiger partial charge < -0.3 is 5.73 Å². The Morgan fingerprint density at radius 3 is 2.80 bits per heavy atom. The Morgan fingerprint density at radius 2 is 2.33 bits per heavy atom. The zero-order chi connectivity index (χ0) is 11.4. The number of nitrogen functional groups attached to an aromatic ring is 1. The number of aromatic nitrogens is 3. The first-order valence-electron chi connectivity index (χ1n) is 4.34. The minimum absolute atomic E-state index is 0.182. The molecular formula is C7H14N6OS. The summed E-state index contributed by atoms with van der Waals surface area (Å²) in [5.41, 5.74) is 7.61. The van der Waals surface area contributed by atoms with Crippen LogP contribution in [-0.4, -0.2) is 26.4 Å². The summed E-state index contributed by atoms with van der Waals surface area (Å²) in [5, 5.41) is 8.25. The summed E-state index contributed by atoms with van der Waals surface area (Å²) in [4.78, 5) is 11.1. The molecule has 15 heavy (non-hydrogen) atoms. The molecular weight excluding hydrogens is 216 g/mol. The number of nitrogens with zero attached hydrogens (tertiary/aromatic N) is 3. The topological polar surface area (TPSA) is 112 Å². The van der Waals surface area contributed by atoms with Gasteiger partial charge in [-0.3, -0.25) is 14.8 Å². The Balaban J connectivity index is 2.50. The number of amides is 1. The average molecular weight is 230 g/mol. The molecule has 1 heterocycles. The minimum atomic E-state index is -0.197. The van der Waals surface area contributed by atoms with Crippen LogP contribution in [0.3, 0.4) is 0 Å². The zero-order valence-electron chi connectivity index (χ0n) is 8.60. The number of carbonyl (C=O) groups is 1. The van der Waals surface area contributed by atoms with Crippen molar-refractivity contribution in [3.8, 4) is 0 Å². The number of anilines is 1. The first kappa shape index (κ1) is 11.8. The number of hydrogen-bond acceptors (Lipinski definition) is 6. The standard InChI is InChI=1S/C7H14N6OS/c1-4(5(14)10-9)3-15-7-12-11-6(8)13(7)2/h4H,3,9H2,1-2H3,(H2,8,11)(H,10,14). The molecule has 1 aromatic heterocycles. The lowest BCUT2D eigenvalue weighted by molar-refractivity contribution is -0.123. The van der Waals surface area contributed by atoms with E-state index in [2.05, 4.69) is 15.6 Å². The Kier molecular flexibility index (Phi) is 3.92. The third-order valence-corrected chi connectivity index (χ3v) is 3.20. The molecule has 0 fully saturated rings. The van der Waals surface area contributed by atoms with E-state index in [0.29, 0.717) is 16.9 Å². The van der Waals surface area contributed by atoms with E-state index < -0.39 is 0 Å². The zero-order valence-corrected chi connectivity index (χ0v) is 9.41. The quantitative estimate of drug-likeness (QED) is 0.268. The molecule has 1 atom stereocenters. The number of carbonyl (C=O) groups excluding carboxylic acids is 1. The van der Waals surface area contributed by atoms with Gasteiger partial charge in [0.05, 0.1) is 0 Å². The minimum Gasteiger partial charge on any atom is -0.368 e. The van der Waals surface area contributed by atoms with Crippen molar-refractivity contribution in [2.75, 3.05) is 11.5 Å². The molecule has 84 valence electrons. The number of hydrazine groups is 1. The number of nitrogens with one attached hydrogen (secondary N) is 1. The van der Waals surface area contributed by atoms with Gasteiger partial charge in [0.25, 0.3) is 0 Å². The summed E-state index contributed by atoms with van der Waals surface area (Å²) in [6.45, 7) is 1.79. The maximum atomic E-state index is 11.1. The van der Waals surface area contributed by atoms with E-state index in [-0.39, 0.29) is 11.8 Å². The van der Waals surface area contributed by atoms with Crippen molar-refractivity contribution in [3.63, 3.8) is 0 Å². The molecule has 8 heteroatoms. The van der Waals surface area contributed by atoms with Crippen LogP contribution in [-0.2, 0) is 11.8 Å². The summed E-state index contributed by atoms with van der Waals surface area (Å²) in [6.07, 6.45) is 0. The molecule has 1 aromatic rings. The van der Waals surface area contributed by atoms with E-state index in [4.69, 9.17) is 11.6 Å². The van der Waals surface area contributed by atoms with Crippen LogP contribution in [0.15, 0.2) is 5.16 Å².